The van der Waals surface area contributed by atoms with Crippen LogP contribution in [0.25, 0.3) is 0 Å². The molecule has 1 heterocycles. The smallest absolute Gasteiger partial charge is 0.136 e. The van der Waals surface area contributed by atoms with Gasteiger partial charge in [0.05, 0.1) is 26.2 Å². The number of quaternary nitrogens is 2. The molecule has 0 unspecified atom stereocenters. The lowest BCUT2D eigenvalue weighted by Gasteiger charge is -2.55. The van der Waals surface area contributed by atoms with Gasteiger partial charge >= 0.3 is 0 Å². The predicted octanol–water partition coefficient (Wildman–Crippen LogP) is 3.15. The Morgan fingerprint density at radius 3 is 1.15 bits per heavy atom. The van der Waals surface area contributed by atoms with Gasteiger partial charge in [-0.25, -0.2) is 0 Å². The van der Waals surface area contributed by atoms with Crippen LogP contribution in [0, 0.1) is 0 Å². The van der Waals surface area contributed by atoms with Crippen LogP contribution in [0.3, 0.4) is 0 Å². The zero-order chi connectivity index (χ0) is 15.2. The third kappa shape index (κ3) is 3.13. The molecule has 0 aromatic rings. The Bertz CT molecular complexity index is 314. The second kappa shape index (κ2) is 7.05. The average Bonchev–Trinajstić information content (AvgIpc) is 2.38. The topological polar surface area (TPSA) is 0 Å². The second-order valence-electron chi connectivity index (χ2n) is 6.39. The first-order valence-corrected chi connectivity index (χ1v) is 7.65. The summed E-state index contributed by atoms with van der Waals surface area (Å²) in [7, 11) is 0. The van der Waals surface area contributed by atoms with Gasteiger partial charge in [-0.2, -0.15) is 0 Å². The van der Waals surface area contributed by atoms with Gasteiger partial charge in [0.1, 0.15) is 25.2 Å². The van der Waals surface area contributed by atoms with Crippen LogP contribution in [-0.2, 0) is 0 Å². The minimum atomic E-state index is 0.599. The minimum absolute atomic E-state index is 0.599. The van der Waals surface area contributed by atoms with Gasteiger partial charge in [-0.3, -0.25) is 0 Å². The van der Waals surface area contributed by atoms with Gasteiger partial charge in [0.25, 0.3) is 0 Å². The zero-order valence-electron chi connectivity index (χ0n) is 13.4. The van der Waals surface area contributed by atoms with Crippen molar-refractivity contribution in [3.63, 3.8) is 0 Å². The molecule has 1 rings (SSSR count). The van der Waals surface area contributed by atoms with Crippen molar-refractivity contribution >= 4 is 0 Å². The molecular weight excluding hydrogens is 244 g/mol. The SMILES string of the molecule is C=CC[N+]1(CC=C)C[C@H](C)[N+](CC=C)(CC=C)C[C@H]1C. The van der Waals surface area contributed by atoms with E-state index in [9.17, 15) is 0 Å². The van der Waals surface area contributed by atoms with Crippen LogP contribution in [0.2, 0.25) is 0 Å². The lowest BCUT2D eigenvalue weighted by Crippen LogP contribution is -2.74. The van der Waals surface area contributed by atoms with Crippen molar-refractivity contribution in [2.24, 2.45) is 0 Å². The fourth-order valence-electron chi connectivity index (χ4n) is 3.95. The maximum Gasteiger partial charge on any atom is 0.136 e. The van der Waals surface area contributed by atoms with Crippen LogP contribution in [0.1, 0.15) is 13.8 Å². The highest BCUT2D eigenvalue weighted by Gasteiger charge is 2.49. The molecule has 0 amide bonds. The first-order chi connectivity index (χ1) is 9.50. The molecular formula is C18H32N2+2. The average molecular weight is 276 g/mol. The highest BCUT2D eigenvalue weighted by molar-refractivity contribution is 4.82. The molecule has 0 saturated carbocycles. The predicted molar refractivity (Wildman–Crippen MR) is 89.4 cm³/mol. The van der Waals surface area contributed by atoms with Crippen LogP contribution < -0.4 is 0 Å². The number of rotatable bonds is 8. The molecule has 2 atom stereocenters. The summed E-state index contributed by atoms with van der Waals surface area (Å²) >= 11 is 0. The van der Waals surface area contributed by atoms with E-state index >= 15 is 0 Å². The molecule has 0 bridgehead atoms. The lowest BCUT2D eigenvalue weighted by atomic mass is 9.99. The van der Waals surface area contributed by atoms with Gasteiger partial charge in [-0.15, -0.1) is 0 Å². The largest absolute Gasteiger partial charge is 0.305 e. The third-order valence-electron chi connectivity index (χ3n) is 5.10. The molecule has 0 aromatic heterocycles. The Kier molecular flexibility index (Phi) is 5.97. The van der Waals surface area contributed by atoms with Gasteiger partial charge in [-0.1, -0.05) is 26.3 Å². The summed E-state index contributed by atoms with van der Waals surface area (Å²) < 4.78 is 2.17. The molecule has 0 radical (unpaired) electrons. The minimum Gasteiger partial charge on any atom is -0.305 e. The molecule has 1 saturated heterocycles. The van der Waals surface area contributed by atoms with Crippen molar-refractivity contribution in [3.05, 3.63) is 50.6 Å². The van der Waals surface area contributed by atoms with Crippen LogP contribution in [-0.4, -0.2) is 60.3 Å². The van der Waals surface area contributed by atoms with Gasteiger partial charge in [0, 0.05) is 0 Å². The number of nitrogens with zero attached hydrogens (tertiary/aromatic N) is 2. The molecule has 1 fully saturated rings. The van der Waals surface area contributed by atoms with E-state index in [4.69, 9.17) is 0 Å². The van der Waals surface area contributed by atoms with E-state index in [-0.39, 0.29) is 0 Å². The summed E-state index contributed by atoms with van der Waals surface area (Å²) in [5, 5.41) is 0. The monoisotopic (exact) mass is 276 g/mol. The van der Waals surface area contributed by atoms with Crippen LogP contribution in [0.15, 0.2) is 50.6 Å². The van der Waals surface area contributed by atoms with Gasteiger partial charge in [0.15, 0.2) is 0 Å². The third-order valence-corrected chi connectivity index (χ3v) is 5.10. The van der Waals surface area contributed by atoms with Crippen molar-refractivity contribution < 1.29 is 8.97 Å². The molecule has 1 aliphatic rings. The summed E-state index contributed by atoms with van der Waals surface area (Å²) in [4.78, 5) is 0. The Morgan fingerprint density at radius 1 is 0.700 bits per heavy atom. The molecule has 0 spiro atoms. The van der Waals surface area contributed by atoms with Gasteiger partial charge in [0.2, 0.25) is 0 Å². The van der Waals surface area contributed by atoms with E-state index in [0.29, 0.717) is 12.1 Å². The van der Waals surface area contributed by atoms with Crippen molar-refractivity contribution in [3.8, 4) is 0 Å². The Morgan fingerprint density at radius 2 is 0.950 bits per heavy atom. The highest BCUT2D eigenvalue weighted by Crippen LogP contribution is 2.30. The van der Waals surface area contributed by atoms with Gasteiger partial charge in [-0.05, 0) is 38.2 Å². The molecule has 2 heteroatoms. The fraction of sp³-hybridized carbons (Fsp3) is 0.556. The Labute approximate surface area is 125 Å². The molecule has 2 nitrogen and oxygen atoms in total. The number of hydrogen-bond acceptors (Lipinski definition) is 0. The quantitative estimate of drug-likeness (QED) is 0.472. The summed E-state index contributed by atoms with van der Waals surface area (Å²) in [5.41, 5.74) is 0. The number of piperazine rings is 1. The summed E-state index contributed by atoms with van der Waals surface area (Å²) in [6.07, 6.45) is 8.25. The molecule has 20 heavy (non-hydrogen) atoms. The van der Waals surface area contributed by atoms with E-state index in [2.05, 4.69) is 64.5 Å². The fourth-order valence-corrected chi connectivity index (χ4v) is 3.95. The molecule has 112 valence electrons. The van der Waals surface area contributed by atoms with Crippen molar-refractivity contribution in [1.29, 1.82) is 0 Å². The van der Waals surface area contributed by atoms with E-state index in [1.54, 1.807) is 0 Å². The first-order valence-electron chi connectivity index (χ1n) is 7.65. The Balaban J connectivity index is 3.07. The van der Waals surface area contributed by atoms with Crippen molar-refractivity contribution in [1.82, 2.24) is 0 Å². The molecule has 0 N–H and O–H groups in total. The highest BCUT2D eigenvalue weighted by atomic mass is 15.5. The number of hydrogen-bond donors (Lipinski definition) is 0. The molecule has 0 aromatic carbocycles. The normalized spacial score (nSPS) is 27.5. The zero-order valence-corrected chi connectivity index (χ0v) is 13.4. The second-order valence-corrected chi connectivity index (χ2v) is 6.39. The van der Waals surface area contributed by atoms with Crippen molar-refractivity contribution in [2.45, 2.75) is 25.9 Å². The van der Waals surface area contributed by atoms with E-state index in [1.807, 2.05) is 0 Å². The summed E-state index contributed by atoms with van der Waals surface area (Å²) in [6.45, 7) is 27.0. The summed E-state index contributed by atoms with van der Waals surface area (Å²) in [5.74, 6) is 0. The molecule has 1 aliphatic heterocycles. The van der Waals surface area contributed by atoms with E-state index in [1.165, 1.54) is 13.1 Å². The van der Waals surface area contributed by atoms with Crippen LogP contribution in [0.5, 0.6) is 0 Å². The standard InChI is InChI=1S/C18H32N2/c1-7-11-19(12-8-2)15-18(6)20(13-9-3,14-10-4)16-17(19)5/h7-10,17-18H,1-4,11-16H2,5-6H3/q+2/t17-,18+. The van der Waals surface area contributed by atoms with Crippen LogP contribution in [0.4, 0.5) is 0 Å². The van der Waals surface area contributed by atoms with Crippen molar-refractivity contribution in [2.75, 3.05) is 39.3 Å². The maximum absolute atomic E-state index is 3.96. The van der Waals surface area contributed by atoms with E-state index < -0.39 is 0 Å². The Hall–Kier alpha value is -1.12. The van der Waals surface area contributed by atoms with Crippen LogP contribution >= 0.6 is 0 Å². The summed E-state index contributed by atoms with van der Waals surface area (Å²) in [6, 6.07) is 1.20. The lowest BCUT2D eigenvalue weighted by molar-refractivity contribution is -1.05. The van der Waals surface area contributed by atoms with E-state index in [0.717, 1.165) is 35.1 Å². The molecule has 0 aliphatic carbocycles. The van der Waals surface area contributed by atoms with Gasteiger partial charge < -0.3 is 8.97 Å². The first kappa shape index (κ1) is 16.9. The maximum atomic E-state index is 3.96.